The Balaban J connectivity index is 0.000000174. The van der Waals surface area contributed by atoms with Gasteiger partial charge in [-0.25, -0.2) is 8.78 Å². The zero-order chi connectivity index (χ0) is 16.8. The first-order chi connectivity index (χ1) is 11.0. The second-order valence-electron chi connectivity index (χ2n) is 7.75. The molecule has 130 valence electrons. The molecule has 1 aromatic rings. The molecule has 0 heterocycles. The van der Waals surface area contributed by atoms with E-state index in [-0.39, 0.29) is 0 Å². The summed E-state index contributed by atoms with van der Waals surface area (Å²) < 4.78 is 25.2. The van der Waals surface area contributed by atoms with E-state index in [2.05, 4.69) is 6.92 Å². The highest BCUT2D eigenvalue weighted by Gasteiger charge is 2.26. The van der Waals surface area contributed by atoms with Crippen molar-refractivity contribution < 1.29 is 8.78 Å². The highest BCUT2D eigenvalue weighted by atomic mass is 19.2. The van der Waals surface area contributed by atoms with Gasteiger partial charge in [0, 0.05) is 0 Å². The Morgan fingerprint density at radius 1 is 0.696 bits per heavy atom. The van der Waals surface area contributed by atoms with Crippen molar-refractivity contribution in [2.24, 2.45) is 17.8 Å². The Morgan fingerprint density at radius 2 is 1.13 bits per heavy atom. The third-order valence-electron chi connectivity index (χ3n) is 5.85. The zero-order valence-electron chi connectivity index (χ0n) is 15.0. The van der Waals surface area contributed by atoms with Crippen LogP contribution in [0, 0.1) is 43.2 Å². The molecule has 0 unspecified atom stereocenters. The number of hydrogen-bond acceptors (Lipinski definition) is 0. The third kappa shape index (κ3) is 5.29. The summed E-state index contributed by atoms with van der Waals surface area (Å²) in [6.07, 6.45) is 13.8. The van der Waals surface area contributed by atoms with Crippen LogP contribution in [-0.4, -0.2) is 0 Å². The fourth-order valence-corrected chi connectivity index (χ4v) is 4.11. The van der Waals surface area contributed by atoms with E-state index >= 15 is 0 Å². The topological polar surface area (TPSA) is 0 Å². The predicted molar refractivity (Wildman–Crippen MR) is 93.5 cm³/mol. The van der Waals surface area contributed by atoms with Crippen molar-refractivity contribution >= 4 is 0 Å². The Bertz CT molecular complexity index is 454. The minimum absolute atomic E-state index is 0.350. The molecule has 1 aromatic carbocycles. The minimum Gasteiger partial charge on any atom is -0.203 e. The standard InChI is InChI=1S/C13H24.C8H8F2/c1-11-7-9-13(10-8-11)12-5-3-2-4-6-12;1-5-3-4-6(2)8(10)7(5)9/h11-13H,2-10H2,1H3;3-4H,1-2H3. The van der Waals surface area contributed by atoms with Gasteiger partial charge in [-0.2, -0.15) is 0 Å². The molecule has 2 aliphatic carbocycles. The summed E-state index contributed by atoms with van der Waals surface area (Å²) in [4.78, 5) is 0. The highest BCUT2D eigenvalue weighted by molar-refractivity contribution is 5.23. The Morgan fingerprint density at radius 3 is 1.61 bits per heavy atom. The summed E-state index contributed by atoms with van der Waals surface area (Å²) in [5, 5.41) is 0. The van der Waals surface area contributed by atoms with E-state index in [1.54, 1.807) is 37.8 Å². The zero-order valence-corrected chi connectivity index (χ0v) is 15.0. The first-order valence-electron chi connectivity index (χ1n) is 9.40. The second-order valence-corrected chi connectivity index (χ2v) is 7.75. The summed E-state index contributed by atoms with van der Waals surface area (Å²) in [6.45, 7) is 5.51. The van der Waals surface area contributed by atoms with Crippen molar-refractivity contribution in [3.05, 3.63) is 34.9 Å². The van der Waals surface area contributed by atoms with Gasteiger partial charge in [-0.15, -0.1) is 0 Å². The molecule has 0 saturated heterocycles. The van der Waals surface area contributed by atoms with E-state index < -0.39 is 11.6 Å². The van der Waals surface area contributed by atoms with Gasteiger partial charge in [-0.3, -0.25) is 0 Å². The molecule has 0 aromatic heterocycles. The molecule has 2 saturated carbocycles. The number of aryl methyl sites for hydroxylation is 2. The smallest absolute Gasteiger partial charge is 0.161 e. The van der Waals surface area contributed by atoms with Crippen LogP contribution < -0.4 is 0 Å². The van der Waals surface area contributed by atoms with Crippen molar-refractivity contribution in [1.82, 2.24) is 0 Å². The van der Waals surface area contributed by atoms with E-state index in [1.807, 2.05) is 0 Å². The lowest BCUT2D eigenvalue weighted by Crippen LogP contribution is -2.22. The molecule has 23 heavy (non-hydrogen) atoms. The third-order valence-corrected chi connectivity index (χ3v) is 5.85. The van der Waals surface area contributed by atoms with Gasteiger partial charge in [0.15, 0.2) is 11.6 Å². The van der Waals surface area contributed by atoms with Gasteiger partial charge < -0.3 is 0 Å². The lowest BCUT2D eigenvalue weighted by atomic mass is 9.71. The quantitative estimate of drug-likeness (QED) is 0.523. The molecule has 0 spiro atoms. The molecule has 0 amide bonds. The van der Waals surface area contributed by atoms with Crippen LogP contribution in [0.3, 0.4) is 0 Å². The molecule has 0 aliphatic heterocycles. The lowest BCUT2D eigenvalue weighted by molar-refractivity contribution is 0.173. The van der Waals surface area contributed by atoms with Crippen LogP contribution in [0.25, 0.3) is 0 Å². The van der Waals surface area contributed by atoms with Crippen LogP contribution in [0.15, 0.2) is 12.1 Å². The van der Waals surface area contributed by atoms with Crippen molar-refractivity contribution in [2.45, 2.75) is 78.6 Å². The fraction of sp³-hybridized carbons (Fsp3) is 0.714. The number of benzene rings is 1. The van der Waals surface area contributed by atoms with Crippen molar-refractivity contribution in [2.75, 3.05) is 0 Å². The summed E-state index contributed by atoms with van der Waals surface area (Å²) >= 11 is 0. The molecule has 0 N–H and O–H groups in total. The van der Waals surface area contributed by atoms with Gasteiger partial charge in [0.2, 0.25) is 0 Å². The maximum Gasteiger partial charge on any atom is 0.161 e. The molecule has 3 rings (SSSR count). The molecular formula is C21H32F2. The predicted octanol–water partition coefficient (Wildman–Crippen LogP) is 6.97. The summed E-state index contributed by atoms with van der Waals surface area (Å²) in [7, 11) is 0. The Kier molecular flexibility index (Phi) is 7.05. The normalized spacial score (nSPS) is 25.6. The van der Waals surface area contributed by atoms with Crippen molar-refractivity contribution in [1.29, 1.82) is 0 Å². The summed E-state index contributed by atoms with van der Waals surface area (Å²) in [5.74, 6) is 1.80. The largest absolute Gasteiger partial charge is 0.203 e. The molecule has 2 fully saturated rings. The molecule has 2 heteroatoms. The van der Waals surface area contributed by atoms with Crippen LogP contribution in [0.2, 0.25) is 0 Å². The Hall–Kier alpha value is -0.920. The van der Waals surface area contributed by atoms with Crippen LogP contribution >= 0.6 is 0 Å². The maximum atomic E-state index is 12.6. The SMILES string of the molecule is CC1CCC(C2CCCCC2)CC1.Cc1ccc(C)c(F)c1F. The molecular weight excluding hydrogens is 290 g/mol. The number of halogens is 2. The van der Waals surface area contributed by atoms with E-state index in [9.17, 15) is 8.78 Å². The maximum absolute atomic E-state index is 12.6. The monoisotopic (exact) mass is 322 g/mol. The van der Waals surface area contributed by atoms with Crippen LogP contribution in [0.4, 0.5) is 8.78 Å². The highest BCUT2D eigenvalue weighted by Crippen LogP contribution is 2.39. The van der Waals surface area contributed by atoms with Crippen molar-refractivity contribution in [3.63, 3.8) is 0 Å². The van der Waals surface area contributed by atoms with Gasteiger partial charge >= 0.3 is 0 Å². The van der Waals surface area contributed by atoms with Gasteiger partial charge in [-0.05, 0) is 55.6 Å². The fourth-order valence-electron chi connectivity index (χ4n) is 4.11. The molecule has 0 atom stereocenters. The average Bonchev–Trinajstić information content (AvgIpc) is 2.58. The molecule has 2 aliphatic rings. The van der Waals surface area contributed by atoms with E-state index in [0.29, 0.717) is 11.1 Å². The van der Waals surface area contributed by atoms with E-state index in [1.165, 1.54) is 46.0 Å². The van der Waals surface area contributed by atoms with E-state index in [4.69, 9.17) is 0 Å². The van der Waals surface area contributed by atoms with E-state index in [0.717, 1.165) is 17.8 Å². The first kappa shape index (κ1) is 18.4. The average molecular weight is 322 g/mol. The second kappa shape index (κ2) is 8.80. The molecule has 0 radical (unpaired) electrons. The van der Waals surface area contributed by atoms with Gasteiger partial charge in [-0.1, -0.05) is 64.0 Å². The Labute approximate surface area is 140 Å². The van der Waals surface area contributed by atoms with Gasteiger partial charge in [0.05, 0.1) is 0 Å². The van der Waals surface area contributed by atoms with Gasteiger partial charge in [0.25, 0.3) is 0 Å². The summed E-state index contributed by atoms with van der Waals surface area (Å²) in [6, 6.07) is 3.13. The number of hydrogen-bond donors (Lipinski definition) is 0. The number of rotatable bonds is 1. The molecule has 0 nitrogen and oxygen atoms in total. The van der Waals surface area contributed by atoms with Crippen LogP contribution in [-0.2, 0) is 0 Å². The minimum atomic E-state index is -0.736. The summed E-state index contributed by atoms with van der Waals surface area (Å²) in [5.41, 5.74) is 0.700. The first-order valence-corrected chi connectivity index (χ1v) is 9.40. The van der Waals surface area contributed by atoms with Crippen LogP contribution in [0.5, 0.6) is 0 Å². The lowest BCUT2D eigenvalue weighted by Gasteiger charge is -2.34. The molecule has 0 bridgehead atoms. The van der Waals surface area contributed by atoms with Crippen molar-refractivity contribution in [3.8, 4) is 0 Å². The van der Waals surface area contributed by atoms with Gasteiger partial charge in [0.1, 0.15) is 0 Å². The van der Waals surface area contributed by atoms with Crippen LogP contribution in [0.1, 0.15) is 75.8 Å².